The monoisotopic (exact) mass is 382 g/mol. The van der Waals surface area contributed by atoms with Crippen LogP contribution >= 0.6 is 11.6 Å². The Morgan fingerprint density at radius 3 is 2.67 bits per heavy atom. The number of halogens is 1. The zero-order valence-electron chi connectivity index (χ0n) is 15.0. The Kier molecular flexibility index (Phi) is 5.57. The molecule has 1 amide bonds. The van der Waals surface area contributed by atoms with Crippen LogP contribution in [0.2, 0.25) is 5.02 Å². The molecule has 0 aliphatic carbocycles. The minimum atomic E-state index is -0.483. The van der Waals surface area contributed by atoms with Gasteiger partial charge in [0.05, 0.1) is 24.0 Å². The Balaban J connectivity index is 1.75. The van der Waals surface area contributed by atoms with Crippen molar-refractivity contribution in [1.29, 1.82) is 0 Å². The minimum absolute atomic E-state index is 0.0925. The first-order chi connectivity index (χ1) is 13.0. The molecule has 0 unspecified atom stereocenters. The number of amides is 1. The van der Waals surface area contributed by atoms with Crippen molar-refractivity contribution in [3.63, 3.8) is 0 Å². The summed E-state index contributed by atoms with van der Waals surface area (Å²) in [5, 5.41) is 18.9. The Hall–Kier alpha value is -3.12. The first-order valence-electron chi connectivity index (χ1n) is 8.36. The fourth-order valence-electron chi connectivity index (χ4n) is 2.72. The largest absolute Gasteiger partial charge is 0.507 e. The van der Waals surface area contributed by atoms with E-state index >= 15 is 0 Å². The Morgan fingerprint density at radius 1 is 1.22 bits per heavy atom. The summed E-state index contributed by atoms with van der Waals surface area (Å²) < 4.78 is 1.85. The smallest absolute Gasteiger partial charge is 0.275 e. The molecule has 0 atom stereocenters. The number of aryl methyl sites for hydroxylation is 1. The van der Waals surface area contributed by atoms with Gasteiger partial charge >= 0.3 is 0 Å². The van der Waals surface area contributed by atoms with E-state index in [0.717, 1.165) is 22.5 Å². The number of benzene rings is 2. The number of phenols is 1. The normalized spacial score (nSPS) is 11.1. The van der Waals surface area contributed by atoms with Crippen molar-refractivity contribution >= 4 is 23.7 Å². The lowest BCUT2D eigenvalue weighted by molar-refractivity contribution is 0.0952. The number of aromatic hydroxyl groups is 1. The molecule has 0 bridgehead atoms. The third kappa shape index (κ3) is 4.17. The number of nitrogens with one attached hydrogen (secondary N) is 1. The summed E-state index contributed by atoms with van der Waals surface area (Å²) in [5.74, 6) is -0.576. The number of hydrogen-bond donors (Lipinski definition) is 2. The average Bonchev–Trinajstić information content (AvgIpc) is 2.91. The van der Waals surface area contributed by atoms with E-state index in [0.29, 0.717) is 11.6 Å². The molecular weight excluding hydrogens is 364 g/mol. The summed E-state index contributed by atoms with van der Waals surface area (Å²) in [6.45, 7) is 4.36. The van der Waals surface area contributed by atoms with Crippen molar-refractivity contribution < 1.29 is 9.90 Å². The number of rotatable bonds is 5. The van der Waals surface area contributed by atoms with Gasteiger partial charge in [-0.05, 0) is 37.6 Å². The van der Waals surface area contributed by atoms with E-state index in [2.05, 4.69) is 15.6 Å². The summed E-state index contributed by atoms with van der Waals surface area (Å²) in [6.07, 6.45) is 1.55. The molecule has 0 spiro atoms. The molecular formula is C20H19ClN4O2. The Labute approximate surface area is 162 Å². The summed E-state index contributed by atoms with van der Waals surface area (Å²) in [4.78, 5) is 12.1. The lowest BCUT2D eigenvalue weighted by atomic mass is 10.2. The molecule has 27 heavy (non-hydrogen) atoms. The SMILES string of the molecule is Cc1nn(Cc2ccccc2Cl)c(C)c1C=NNC(=O)c1ccccc1O. The Morgan fingerprint density at radius 2 is 1.93 bits per heavy atom. The molecule has 0 saturated heterocycles. The van der Waals surface area contributed by atoms with E-state index < -0.39 is 5.91 Å². The molecule has 138 valence electrons. The second kappa shape index (κ2) is 8.05. The van der Waals surface area contributed by atoms with Gasteiger partial charge in [0.1, 0.15) is 5.75 Å². The third-order valence-corrected chi connectivity index (χ3v) is 4.59. The van der Waals surface area contributed by atoms with E-state index in [4.69, 9.17) is 11.6 Å². The molecule has 2 aromatic carbocycles. The highest BCUT2D eigenvalue weighted by molar-refractivity contribution is 6.31. The molecule has 3 rings (SSSR count). The lowest BCUT2D eigenvalue weighted by Crippen LogP contribution is -2.17. The molecule has 6 nitrogen and oxygen atoms in total. The number of para-hydroxylation sites is 1. The van der Waals surface area contributed by atoms with Crippen molar-refractivity contribution in [2.24, 2.45) is 5.10 Å². The number of hydrogen-bond acceptors (Lipinski definition) is 4. The molecule has 1 heterocycles. The number of nitrogens with zero attached hydrogens (tertiary/aromatic N) is 3. The molecule has 0 fully saturated rings. The number of carbonyl (C=O) groups excluding carboxylic acids is 1. The van der Waals surface area contributed by atoms with Gasteiger partial charge in [0.25, 0.3) is 5.91 Å². The first-order valence-corrected chi connectivity index (χ1v) is 8.74. The molecule has 2 N–H and O–H groups in total. The summed E-state index contributed by atoms with van der Waals surface area (Å²) >= 11 is 6.23. The van der Waals surface area contributed by atoms with Crippen LogP contribution in [0.1, 0.15) is 32.9 Å². The van der Waals surface area contributed by atoms with Crippen molar-refractivity contribution in [3.05, 3.63) is 81.6 Å². The maximum atomic E-state index is 12.1. The van der Waals surface area contributed by atoms with Gasteiger partial charge in [-0.15, -0.1) is 0 Å². The topological polar surface area (TPSA) is 79.5 Å². The van der Waals surface area contributed by atoms with Crippen molar-refractivity contribution in [2.75, 3.05) is 0 Å². The van der Waals surface area contributed by atoms with E-state index in [1.165, 1.54) is 12.1 Å². The van der Waals surface area contributed by atoms with Crippen LogP contribution in [-0.4, -0.2) is 27.0 Å². The highest BCUT2D eigenvalue weighted by Crippen LogP contribution is 2.19. The summed E-state index contributed by atoms with van der Waals surface area (Å²) in [7, 11) is 0. The predicted molar refractivity (Wildman–Crippen MR) is 105 cm³/mol. The van der Waals surface area contributed by atoms with Crippen molar-refractivity contribution in [2.45, 2.75) is 20.4 Å². The van der Waals surface area contributed by atoms with Gasteiger partial charge in [0, 0.05) is 16.3 Å². The molecule has 7 heteroatoms. The van der Waals surface area contributed by atoms with E-state index in [9.17, 15) is 9.90 Å². The van der Waals surface area contributed by atoms with Crippen LogP contribution in [0, 0.1) is 13.8 Å². The zero-order valence-corrected chi connectivity index (χ0v) is 15.7. The van der Waals surface area contributed by atoms with Crippen LogP contribution in [-0.2, 0) is 6.54 Å². The number of hydrazone groups is 1. The van der Waals surface area contributed by atoms with Crippen LogP contribution in [0.3, 0.4) is 0 Å². The van der Waals surface area contributed by atoms with Crippen molar-refractivity contribution in [1.82, 2.24) is 15.2 Å². The van der Waals surface area contributed by atoms with Crippen molar-refractivity contribution in [3.8, 4) is 5.75 Å². The minimum Gasteiger partial charge on any atom is -0.507 e. The van der Waals surface area contributed by atoms with Crippen LogP contribution in [0.4, 0.5) is 0 Å². The van der Waals surface area contributed by atoms with E-state index in [-0.39, 0.29) is 11.3 Å². The number of carbonyl (C=O) groups is 1. The third-order valence-electron chi connectivity index (χ3n) is 4.22. The summed E-state index contributed by atoms with van der Waals surface area (Å²) in [5.41, 5.74) is 6.08. The van der Waals surface area contributed by atoms with Gasteiger partial charge in [-0.1, -0.05) is 41.9 Å². The maximum absolute atomic E-state index is 12.1. The fourth-order valence-corrected chi connectivity index (χ4v) is 2.92. The van der Waals surface area contributed by atoms with Gasteiger partial charge in [-0.25, -0.2) is 5.43 Å². The molecule has 0 aliphatic rings. The highest BCUT2D eigenvalue weighted by Gasteiger charge is 2.12. The first kappa shape index (κ1) is 18.7. The number of aromatic nitrogens is 2. The second-order valence-electron chi connectivity index (χ2n) is 6.05. The van der Waals surface area contributed by atoms with Crippen LogP contribution in [0.25, 0.3) is 0 Å². The zero-order chi connectivity index (χ0) is 19.4. The lowest BCUT2D eigenvalue weighted by Gasteiger charge is -2.06. The van der Waals surface area contributed by atoms with E-state index in [1.807, 2.05) is 42.8 Å². The van der Waals surface area contributed by atoms with Crippen LogP contribution in [0.5, 0.6) is 5.75 Å². The highest BCUT2D eigenvalue weighted by atomic mass is 35.5. The standard InChI is InChI=1S/C20H19ClN4O2/c1-13-17(11-22-23-20(27)16-8-4-6-10-19(16)26)14(2)25(24-13)12-15-7-3-5-9-18(15)21/h3-11,26H,12H2,1-2H3,(H,23,27). The van der Waals surface area contributed by atoms with E-state index in [1.54, 1.807) is 18.3 Å². The Bertz CT molecular complexity index is 1010. The molecule has 3 aromatic rings. The van der Waals surface area contributed by atoms with Crippen LogP contribution in [0.15, 0.2) is 53.6 Å². The van der Waals surface area contributed by atoms with Gasteiger partial charge in [0.2, 0.25) is 0 Å². The maximum Gasteiger partial charge on any atom is 0.275 e. The molecule has 0 radical (unpaired) electrons. The molecule has 1 aromatic heterocycles. The number of phenolic OH excluding ortho intramolecular Hbond substituents is 1. The molecule has 0 saturated carbocycles. The average molecular weight is 383 g/mol. The second-order valence-corrected chi connectivity index (χ2v) is 6.46. The summed E-state index contributed by atoms with van der Waals surface area (Å²) in [6, 6.07) is 13.9. The van der Waals surface area contributed by atoms with Crippen LogP contribution < -0.4 is 5.43 Å². The fraction of sp³-hybridized carbons (Fsp3) is 0.150. The van der Waals surface area contributed by atoms with Gasteiger partial charge < -0.3 is 5.11 Å². The predicted octanol–water partition coefficient (Wildman–Crippen LogP) is 3.67. The van der Waals surface area contributed by atoms with Gasteiger partial charge in [-0.2, -0.15) is 10.2 Å². The molecule has 0 aliphatic heterocycles. The van der Waals surface area contributed by atoms with Gasteiger partial charge in [-0.3, -0.25) is 9.48 Å². The van der Waals surface area contributed by atoms with Gasteiger partial charge in [0.15, 0.2) is 0 Å². The quantitative estimate of drug-likeness (QED) is 0.522.